The largest absolute Gasteiger partial charge is 0.481 e. The molecule has 7 N–H and O–H groups in total. The Morgan fingerprint density at radius 3 is 1.19 bits per heavy atom. The van der Waals surface area contributed by atoms with Crippen molar-refractivity contribution in [1.29, 1.82) is 0 Å². The van der Waals surface area contributed by atoms with E-state index >= 15 is 0 Å². The van der Waals surface area contributed by atoms with Crippen LogP contribution in [-0.2, 0) is 19.2 Å². The molecular weight excluding hydrogens is 548 g/mol. The first-order valence-electron chi connectivity index (χ1n) is 15.6. The van der Waals surface area contributed by atoms with Gasteiger partial charge in [0.1, 0.15) is 0 Å². The summed E-state index contributed by atoms with van der Waals surface area (Å²) in [6, 6.07) is 0. The molecule has 12 nitrogen and oxygen atoms in total. The minimum absolute atomic E-state index is 0.00683. The van der Waals surface area contributed by atoms with Crippen LogP contribution in [0.3, 0.4) is 0 Å². The van der Waals surface area contributed by atoms with Crippen LogP contribution in [-0.4, -0.2) is 104 Å². The number of amides is 1. The van der Waals surface area contributed by atoms with Crippen molar-refractivity contribution in [3.05, 3.63) is 0 Å². The average molecular weight is 607 g/mol. The molecule has 0 saturated carbocycles. The Morgan fingerprint density at radius 2 is 0.881 bits per heavy atom. The van der Waals surface area contributed by atoms with Gasteiger partial charge < -0.3 is 36.0 Å². The van der Waals surface area contributed by atoms with Gasteiger partial charge in [0.25, 0.3) is 0 Å². The maximum absolute atomic E-state index is 12.5. The van der Waals surface area contributed by atoms with E-state index < -0.39 is 23.4 Å². The number of hydrogen-bond acceptors (Lipinski definition) is 8. The molecule has 0 radical (unpaired) electrons. The van der Waals surface area contributed by atoms with E-state index in [1.54, 1.807) is 4.90 Å². The Kier molecular flexibility index (Phi) is 28.7. The summed E-state index contributed by atoms with van der Waals surface area (Å²) in [7, 11) is 0. The topological polar surface area (TPSA) is 205 Å². The highest BCUT2D eigenvalue weighted by Crippen LogP contribution is 2.26. The second-order valence-corrected chi connectivity index (χ2v) is 10.8. The van der Waals surface area contributed by atoms with Crippen LogP contribution in [0.1, 0.15) is 122 Å². The molecule has 0 rings (SSSR count). The van der Waals surface area contributed by atoms with Crippen molar-refractivity contribution in [2.24, 2.45) is 0 Å². The third-order valence-corrected chi connectivity index (χ3v) is 7.11. The summed E-state index contributed by atoms with van der Waals surface area (Å²) in [4.78, 5) is 47.4. The van der Waals surface area contributed by atoms with E-state index in [9.17, 15) is 19.2 Å². The fraction of sp³-hybridized carbons (Fsp3) is 0.867. The van der Waals surface area contributed by atoms with Crippen LogP contribution in [0.2, 0.25) is 0 Å². The molecule has 0 spiro atoms. The maximum atomic E-state index is 12.5. The molecule has 0 aromatic heterocycles. The lowest BCUT2D eigenvalue weighted by atomic mass is 9.83. The van der Waals surface area contributed by atoms with Crippen LogP contribution in [0.25, 0.3) is 0 Å². The van der Waals surface area contributed by atoms with Gasteiger partial charge >= 0.3 is 17.9 Å². The standard InChI is InChI=1S/C24H43NO7.C6H15NO3/c1-2-3-4-5-6-7-8-9-10-11-12-13-20(26)25-24(17-14-21(27)28,18-15-22(29)30)19-16-23(31)32;8-4-1-7(2-5-9)3-6-10/h2-19H2,1H3,(H,25,26)(H,27,28)(H,29,30)(H,31,32);8-10H,1-6H2. The van der Waals surface area contributed by atoms with Crippen LogP contribution in [0.15, 0.2) is 0 Å². The first kappa shape index (κ1) is 41.9. The number of unbranched alkanes of at least 4 members (excludes halogenated alkanes) is 10. The summed E-state index contributed by atoms with van der Waals surface area (Å²) in [6.07, 6.45) is 12.3. The van der Waals surface area contributed by atoms with E-state index in [2.05, 4.69) is 12.2 Å². The molecule has 0 bridgehead atoms. The molecule has 0 aliphatic rings. The second kappa shape index (κ2) is 28.8. The van der Waals surface area contributed by atoms with Gasteiger partial charge in [-0.25, -0.2) is 0 Å². The van der Waals surface area contributed by atoms with Crippen LogP contribution >= 0.6 is 0 Å². The zero-order chi connectivity index (χ0) is 32.1. The highest BCUT2D eigenvalue weighted by atomic mass is 16.4. The lowest BCUT2D eigenvalue weighted by Gasteiger charge is -2.34. The molecule has 0 atom stereocenters. The van der Waals surface area contributed by atoms with Gasteiger partial charge in [0.05, 0.1) is 19.8 Å². The number of carbonyl (C=O) groups excluding carboxylic acids is 1. The quantitative estimate of drug-likeness (QED) is 0.0643. The minimum atomic E-state index is -1.13. The lowest BCUT2D eigenvalue weighted by Crippen LogP contribution is -2.49. The van der Waals surface area contributed by atoms with E-state index in [4.69, 9.17) is 30.6 Å². The minimum Gasteiger partial charge on any atom is -0.481 e. The molecule has 0 aliphatic heterocycles. The predicted molar refractivity (Wildman–Crippen MR) is 160 cm³/mol. The molecule has 248 valence electrons. The van der Waals surface area contributed by atoms with E-state index in [1.165, 1.54) is 44.9 Å². The third-order valence-electron chi connectivity index (χ3n) is 7.11. The van der Waals surface area contributed by atoms with Crippen LogP contribution in [0, 0.1) is 0 Å². The SMILES string of the molecule is CCCCCCCCCCCCCC(=O)NC(CCC(=O)O)(CCC(=O)O)CCC(=O)O.OCCN(CCO)CCO. The number of rotatable bonds is 28. The van der Waals surface area contributed by atoms with Crippen LogP contribution < -0.4 is 5.32 Å². The lowest BCUT2D eigenvalue weighted by molar-refractivity contribution is -0.139. The fourth-order valence-electron chi connectivity index (χ4n) is 4.67. The van der Waals surface area contributed by atoms with Crippen molar-refractivity contribution in [3.8, 4) is 0 Å². The van der Waals surface area contributed by atoms with Gasteiger partial charge in [0.2, 0.25) is 5.91 Å². The fourth-order valence-corrected chi connectivity index (χ4v) is 4.67. The number of aliphatic hydroxyl groups is 3. The molecular formula is C30H58N2O10. The van der Waals surface area contributed by atoms with Crippen molar-refractivity contribution in [2.45, 2.75) is 128 Å². The zero-order valence-corrected chi connectivity index (χ0v) is 25.7. The summed E-state index contributed by atoms with van der Waals surface area (Å²) in [5.74, 6) is -3.49. The molecule has 0 aliphatic carbocycles. The van der Waals surface area contributed by atoms with Crippen molar-refractivity contribution in [2.75, 3.05) is 39.5 Å². The number of carboxylic acid groups (broad SMARTS) is 3. The summed E-state index contributed by atoms with van der Waals surface area (Å²) in [6.45, 7) is 3.96. The number of nitrogens with zero attached hydrogens (tertiary/aromatic N) is 1. The molecule has 0 heterocycles. The van der Waals surface area contributed by atoms with Gasteiger partial charge in [-0.3, -0.25) is 24.1 Å². The highest BCUT2D eigenvalue weighted by molar-refractivity contribution is 5.77. The van der Waals surface area contributed by atoms with E-state index in [1.807, 2.05) is 0 Å². The van der Waals surface area contributed by atoms with Crippen LogP contribution in [0.5, 0.6) is 0 Å². The predicted octanol–water partition coefficient (Wildman–Crippen LogP) is 3.40. The summed E-state index contributed by atoms with van der Waals surface area (Å²) in [5, 5.41) is 55.4. The average Bonchev–Trinajstić information content (AvgIpc) is 2.93. The number of carbonyl (C=O) groups is 4. The smallest absolute Gasteiger partial charge is 0.303 e. The van der Waals surface area contributed by atoms with Gasteiger partial charge in [0, 0.05) is 50.9 Å². The first-order chi connectivity index (χ1) is 20.1. The number of nitrogens with one attached hydrogen (secondary N) is 1. The Hall–Kier alpha value is -2.28. The molecule has 0 saturated heterocycles. The molecule has 42 heavy (non-hydrogen) atoms. The molecule has 12 heteroatoms. The zero-order valence-electron chi connectivity index (χ0n) is 25.7. The number of hydrogen-bond donors (Lipinski definition) is 7. The van der Waals surface area contributed by atoms with E-state index in [-0.39, 0.29) is 70.7 Å². The van der Waals surface area contributed by atoms with Gasteiger partial charge in [0.15, 0.2) is 0 Å². The van der Waals surface area contributed by atoms with Crippen molar-refractivity contribution >= 4 is 23.8 Å². The number of aliphatic carboxylic acids is 3. The van der Waals surface area contributed by atoms with Crippen LogP contribution in [0.4, 0.5) is 0 Å². The normalized spacial score (nSPS) is 11.2. The third kappa shape index (κ3) is 27.9. The van der Waals surface area contributed by atoms with Gasteiger partial charge in [-0.15, -0.1) is 0 Å². The molecule has 0 unspecified atom stereocenters. The van der Waals surface area contributed by atoms with Crippen molar-refractivity contribution in [3.63, 3.8) is 0 Å². The van der Waals surface area contributed by atoms with E-state index in [0.29, 0.717) is 26.1 Å². The number of carboxylic acids is 3. The molecule has 1 amide bonds. The van der Waals surface area contributed by atoms with Gasteiger partial charge in [-0.1, -0.05) is 71.1 Å². The highest BCUT2D eigenvalue weighted by Gasteiger charge is 2.33. The molecule has 0 fully saturated rings. The van der Waals surface area contributed by atoms with E-state index in [0.717, 1.165) is 19.3 Å². The second-order valence-electron chi connectivity index (χ2n) is 10.8. The Labute approximate surface area is 251 Å². The maximum Gasteiger partial charge on any atom is 0.303 e. The molecule has 0 aromatic rings. The summed E-state index contributed by atoms with van der Waals surface area (Å²) in [5.41, 5.74) is -1.13. The first-order valence-corrected chi connectivity index (χ1v) is 15.6. The van der Waals surface area contributed by atoms with Gasteiger partial charge in [-0.05, 0) is 25.7 Å². The Balaban J connectivity index is 0. The van der Waals surface area contributed by atoms with Crippen molar-refractivity contribution < 1.29 is 49.8 Å². The summed E-state index contributed by atoms with van der Waals surface area (Å²) >= 11 is 0. The van der Waals surface area contributed by atoms with Crippen molar-refractivity contribution in [1.82, 2.24) is 10.2 Å². The Morgan fingerprint density at radius 1 is 0.548 bits per heavy atom. The monoisotopic (exact) mass is 606 g/mol. The van der Waals surface area contributed by atoms with Gasteiger partial charge in [-0.2, -0.15) is 0 Å². The number of aliphatic hydroxyl groups excluding tert-OH is 3. The Bertz CT molecular complexity index is 646. The summed E-state index contributed by atoms with van der Waals surface area (Å²) < 4.78 is 0. The molecule has 0 aromatic carbocycles.